The highest BCUT2D eigenvalue weighted by Crippen LogP contribution is 2.44. The summed E-state index contributed by atoms with van der Waals surface area (Å²) in [4.78, 5) is 18.9. The van der Waals surface area contributed by atoms with Crippen molar-refractivity contribution in [3.63, 3.8) is 0 Å². The third-order valence-corrected chi connectivity index (χ3v) is 5.56. The number of aliphatic imine (C=N–C) groups is 1. The van der Waals surface area contributed by atoms with Crippen LogP contribution in [0.1, 0.15) is 19.8 Å². The normalized spacial score (nSPS) is 23.5. The Bertz CT molecular complexity index is 524. The Labute approximate surface area is 129 Å². The van der Waals surface area contributed by atoms with E-state index in [9.17, 15) is 4.79 Å². The number of ether oxygens (including phenoxy) is 1. The second-order valence-corrected chi connectivity index (χ2v) is 6.67. The van der Waals surface area contributed by atoms with E-state index in [-0.39, 0.29) is 16.8 Å². The van der Waals surface area contributed by atoms with E-state index in [4.69, 9.17) is 4.74 Å². The van der Waals surface area contributed by atoms with Crippen molar-refractivity contribution in [1.82, 2.24) is 0 Å². The van der Waals surface area contributed by atoms with Crippen molar-refractivity contribution in [3.05, 3.63) is 30.3 Å². The van der Waals surface area contributed by atoms with Gasteiger partial charge in [0.1, 0.15) is 0 Å². The van der Waals surface area contributed by atoms with E-state index in [2.05, 4.69) is 34.2 Å². The van der Waals surface area contributed by atoms with E-state index in [1.807, 2.05) is 18.5 Å². The summed E-state index contributed by atoms with van der Waals surface area (Å²) in [5.41, 5.74) is 3.09. The number of carbonyl (C=O) groups excluding carboxylic acids is 1. The molecule has 4 nitrogen and oxygen atoms in total. The second kappa shape index (κ2) is 6.10. The standard InChI is InChI=1S/C16H20N2O2S/c1-2-20-15(19)14-16(21-12-17-14)8-10-18(11-9-16)13-6-4-3-5-7-13/h3-7,12,14H,2,8-11H2,1H3. The predicted molar refractivity (Wildman–Crippen MR) is 87.1 cm³/mol. The Morgan fingerprint density at radius 2 is 2.10 bits per heavy atom. The molecule has 1 unspecified atom stereocenters. The summed E-state index contributed by atoms with van der Waals surface area (Å²) in [7, 11) is 0. The molecular formula is C16H20N2O2S. The topological polar surface area (TPSA) is 41.9 Å². The molecule has 2 aliphatic heterocycles. The maximum Gasteiger partial charge on any atom is 0.332 e. The highest BCUT2D eigenvalue weighted by Gasteiger charge is 2.48. The first kappa shape index (κ1) is 14.4. The minimum Gasteiger partial charge on any atom is -0.464 e. The summed E-state index contributed by atoms with van der Waals surface area (Å²) >= 11 is 1.71. The lowest BCUT2D eigenvalue weighted by Gasteiger charge is -2.41. The summed E-state index contributed by atoms with van der Waals surface area (Å²) in [6.45, 7) is 4.17. The Balaban J connectivity index is 1.68. The molecule has 1 spiro atoms. The molecule has 0 radical (unpaired) electrons. The summed E-state index contributed by atoms with van der Waals surface area (Å²) in [6.07, 6.45) is 1.91. The molecule has 0 aliphatic carbocycles. The molecule has 0 amide bonds. The summed E-state index contributed by atoms with van der Waals surface area (Å²) < 4.78 is 5.09. The molecule has 1 atom stereocenters. The van der Waals surface area contributed by atoms with Crippen molar-refractivity contribution in [3.8, 4) is 0 Å². The number of hydrogen-bond donors (Lipinski definition) is 0. The summed E-state index contributed by atoms with van der Waals surface area (Å²) in [5.74, 6) is -0.174. The number of carbonyl (C=O) groups is 1. The first-order valence-corrected chi connectivity index (χ1v) is 8.29. The van der Waals surface area contributed by atoms with Gasteiger partial charge in [0.15, 0.2) is 6.04 Å². The molecule has 0 aromatic heterocycles. The van der Waals surface area contributed by atoms with Crippen LogP contribution in [-0.2, 0) is 9.53 Å². The average molecular weight is 304 g/mol. The molecule has 3 rings (SSSR count). The average Bonchev–Trinajstić information content (AvgIpc) is 2.92. The zero-order valence-corrected chi connectivity index (χ0v) is 13.0. The fourth-order valence-electron chi connectivity index (χ4n) is 3.07. The van der Waals surface area contributed by atoms with Gasteiger partial charge in [0.25, 0.3) is 0 Å². The Morgan fingerprint density at radius 3 is 2.76 bits per heavy atom. The minimum atomic E-state index is -0.333. The molecule has 1 aromatic rings. The molecule has 1 saturated heterocycles. The van der Waals surface area contributed by atoms with Crippen LogP contribution in [0.15, 0.2) is 35.3 Å². The third kappa shape index (κ3) is 2.79. The number of thioether (sulfide) groups is 1. The molecule has 21 heavy (non-hydrogen) atoms. The fourth-order valence-corrected chi connectivity index (χ4v) is 4.16. The molecular weight excluding hydrogens is 284 g/mol. The van der Waals surface area contributed by atoms with Crippen LogP contribution in [0.3, 0.4) is 0 Å². The Kier molecular flexibility index (Phi) is 4.19. The number of para-hydroxylation sites is 1. The zero-order valence-electron chi connectivity index (χ0n) is 12.2. The number of anilines is 1. The van der Waals surface area contributed by atoms with Gasteiger partial charge in [-0.1, -0.05) is 18.2 Å². The maximum absolute atomic E-state index is 12.1. The molecule has 1 aromatic carbocycles. The van der Waals surface area contributed by atoms with Gasteiger partial charge < -0.3 is 9.64 Å². The van der Waals surface area contributed by atoms with Gasteiger partial charge >= 0.3 is 5.97 Å². The van der Waals surface area contributed by atoms with Crippen molar-refractivity contribution in [2.24, 2.45) is 4.99 Å². The van der Waals surface area contributed by atoms with Crippen LogP contribution in [0, 0.1) is 0 Å². The number of hydrogen-bond acceptors (Lipinski definition) is 5. The molecule has 0 bridgehead atoms. The lowest BCUT2D eigenvalue weighted by Crippen LogP contribution is -2.50. The van der Waals surface area contributed by atoms with Gasteiger partial charge in [-0.25, -0.2) is 4.79 Å². The zero-order chi connectivity index (χ0) is 14.7. The molecule has 2 aliphatic rings. The first-order chi connectivity index (χ1) is 10.2. The van der Waals surface area contributed by atoms with Crippen molar-refractivity contribution in [1.29, 1.82) is 0 Å². The maximum atomic E-state index is 12.1. The predicted octanol–water partition coefficient (Wildman–Crippen LogP) is 2.73. The monoisotopic (exact) mass is 304 g/mol. The van der Waals surface area contributed by atoms with E-state index in [0.717, 1.165) is 25.9 Å². The lowest BCUT2D eigenvalue weighted by molar-refractivity contribution is -0.145. The van der Waals surface area contributed by atoms with Crippen LogP contribution in [0.2, 0.25) is 0 Å². The third-order valence-electron chi connectivity index (χ3n) is 4.24. The van der Waals surface area contributed by atoms with Gasteiger partial charge in [0.2, 0.25) is 0 Å². The molecule has 0 N–H and O–H groups in total. The number of piperidine rings is 1. The van der Waals surface area contributed by atoms with Crippen molar-refractivity contribution >= 4 is 29.0 Å². The van der Waals surface area contributed by atoms with Crippen molar-refractivity contribution in [2.45, 2.75) is 30.6 Å². The van der Waals surface area contributed by atoms with Gasteiger partial charge in [-0.2, -0.15) is 0 Å². The molecule has 0 saturated carbocycles. The summed E-state index contributed by atoms with van der Waals surface area (Å²) in [5, 5.41) is 0. The van der Waals surface area contributed by atoms with Crippen LogP contribution in [0.4, 0.5) is 5.69 Å². The van der Waals surface area contributed by atoms with Crippen LogP contribution in [0.25, 0.3) is 0 Å². The van der Waals surface area contributed by atoms with E-state index >= 15 is 0 Å². The quantitative estimate of drug-likeness (QED) is 0.805. The van der Waals surface area contributed by atoms with E-state index in [1.54, 1.807) is 11.8 Å². The van der Waals surface area contributed by atoms with E-state index in [0.29, 0.717) is 6.61 Å². The van der Waals surface area contributed by atoms with E-state index in [1.165, 1.54) is 5.69 Å². The van der Waals surface area contributed by atoms with Crippen molar-refractivity contribution < 1.29 is 9.53 Å². The smallest absolute Gasteiger partial charge is 0.332 e. The number of nitrogens with zero attached hydrogens (tertiary/aromatic N) is 2. The van der Waals surface area contributed by atoms with E-state index < -0.39 is 0 Å². The minimum absolute atomic E-state index is 0.0997. The molecule has 5 heteroatoms. The summed E-state index contributed by atoms with van der Waals surface area (Å²) in [6, 6.07) is 10.1. The van der Waals surface area contributed by atoms with Crippen LogP contribution < -0.4 is 4.90 Å². The first-order valence-electron chi connectivity index (χ1n) is 7.41. The number of benzene rings is 1. The Morgan fingerprint density at radius 1 is 1.38 bits per heavy atom. The fraction of sp³-hybridized carbons (Fsp3) is 0.500. The van der Waals surface area contributed by atoms with Crippen molar-refractivity contribution in [2.75, 3.05) is 24.6 Å². The van der Waals surface area contributed by atoms with Gasteiger partial charge in [0, 0.05) is 18.8 Å². The molecule has 1 fully saturated rings. The van der Waals surface area contributed by atoms with Gasteiger partial charge in [0.05, 0.1) is 16.9 Å². The van der Waals surface area contributed by atoms with Crippen LogP contribution in [-0.4, -0.2) is 42.0 Å². The molecule has 2 heterocycles. The number of rotatable bonds is 3. The van der Waals surface area contributed by atoms with Crippen LogP contribution >= 0.6 is 11.8 Å². The largest absolute Gasteiger partial charge is 0.464 e. The Hall–Kier alpha value is -1.49. The number of esters is 1. The van der Waals surface area contributed by atoms with Crippen LogP contribution in [0.5, 0.6) is 0 Å². The highest BCUT2D eigenvalue weighted by atomic mass is 32.2. The van der Waals surface area contributed by atoms with Gasteiger partial charge in [-0.3, -0.25) is 4.99 Å². The highest BCUT2D eigenvalue weighted by molar-refractivity contribution is 8.13. The second-order valence-electron chi connectivity index (χ2n) is 5.41. The SMILES string of the molecule is CCOC(=O)C1N=CSC12CCN(c1ccccc1)CC2. The van der Waals surface area contributed by atoms with Gasteiger partial charge in [-0.05, 0) is 31.9 Å². The molecule has 112 valence electrons. The lowest BCUT2D eigenvalue weighted by atomic mass is 9.88. The van der Waals surface area contributed by atoms with Gasteiger partial charge in [-0.15, -0.1) is 11.8 Å².